The second-order valence-electron chi connectivity index (χ2n) is 26.0. The molecule has 0 aromatic rings. The number of carbonyl (C=O) groups is 4. The molecule has 2 unspecified atom stereocenters. The van der Waals surface area contributed by atoms with Gasteiger partial charge >= 0.3 is 39.5 Å². The van der Waals surface area contributed by atoms with Crippen LogP contribution >= 0.6 is 15.6 Å². The van der Waals surface area contributed by atoms with Crippen LogP contribution in [-0.2, 0) is 65.4 Å². The van der Waals surface area contributed by atoms with Gasteiger partial charge in [0.15, 0.2) is 12.2 Å². The van der Waals surface area contributed by atoms with Crippen molar-refractivity contribution < 1.29 is 80.2 Å². The van der Waals surface area contributed by atoms with E-state index in [0.717, 1.165) is 154 Å². The summed E-state index contributed by atoms with van der Waals surface area (Å²) in [7, 11) is -9.94. The first-order valence-electron chi connectivity index (χ1n) is 38.5. The predicted octanol–water partition coefficient (Wildman–Crippen LogP) is 21.9. The van der Waals surface area contributed by atoms with E-state index in [1.54, 1.807) is 0 Å². The molecule has 19 heteroatoms. The van der Waals surface area contributed by atoms with Gasteiger partial charge in [-0.05, 0) is 128 Å². The van der Waals surface area contributed by atoms with Gasteiger partial charge in [0.2, 0.25) is 0 Å². The average Bonchev–Trinajstić information content (AvgIpc) is 1.36. The number of carbonyl (C=O) groups excluding carboxylic acids is 4. The van der Waals surface area contributed by atoms with Crippen LogP contribution in [0.15, 0.2) is 60.8 Å². The number of aliphatic hydroxyl groups is 1. The number of rotatable bonds is 73. The fourth-order valence-electron chi connectivity index (χ4n) is 10.5. The van der Waals surface area contributed by atoms with Crippen molar-refractivity contribution in [2.45, 2.75) is 367 Å². The van der Waals surface area contributed by atoms with Crippen LogP contribution in [0.5, 0.6) is 0 Å². The third-order valence-electron chi connectivity index (χ3n) is 16.5. The van der Waals surface area contributed by atoms with Crippen LogP contribution in [0.4, 0.5) is 0 Å². The number of ether oxygens (including phenoxy) is 4. The van der Waals surface area contributed by atoms with E-state index in [9.17, 15) is 43.2 Å². The largest absolute Gasteiger partial charge is 0.472 e. The summed E-state index contributed by atoms with van der Waals surface area (Å²) in [5.41, 5.74) is 0. The van der Waals surface area contributed by atoms with Gasteiger partial charge in [-0.15, -0.1) is 0 Å². The molecule has 96 heavy (non-hydrogen) atoms. The highest BCUT2D eigenvalue weighted by Crippen LogP contribution is 2.45. The highest BCUT2D eigenvalue weighted by atomic mass is 31.2. The van der Waals surface area contributed by atoms with Crippen molar-refractivity contribution in [1.82, 2.24) is 0 Å². The van der Waals surface area contributed by atoms with Gasteiger partial charge in [0, 0.05) is 25.7 Å². The lowest BCUT2D eigenvalue weighted by atomic mass is 10.1. The van der Waals surface area contributed by atoms with Crippen molar-refractivity contribution in [1.29, 1.82) is 0 Å². The molecule has 0 heterocycles. The second kappa shape index (κ2) is 70.2. The van der Waals surface area contributed by atoms with Crippen molar-refractivity contribution in [3.05, 3.63) is 60.8 Å². The van der Waals surface area contributed by atoms with Crippen LogP contribution in [0.25, 0.3) is 0 Å². The zero-order chi connectivity index (χ0) is 70.4. The molecule has 5 atom stereocenters. The minimum Gasteiger partial charge on any atom is -0.462 e. The van der Waals surface area contributed by atoms with Crippen molar-refractivity contribution in [3.63, 3.8) is 0 Å². The molecule has 0 aliphatic carbocycles. The molecule has 0 saturated heterocycles. The number of unbranched alkanes of at least 4 members (excludes halogenated alkanes) is 38. The fraction of sp³-hybridized carbons (Fsp3) is 0.818. The summed E-state index contributed by atoms with van der Waals surface area (Å²) in [6.07, 6.45) is 67.7. The summed E-state index contributed by atoms with van der Waals surface area (Å²) in [6.45, 7) is 4.82. The number of aliphatic hydroxyl groups excluding tert-OH is 1. The van der Waals surface area contributed by atoms with E-state index in [1.807, 2.05) is 0 Å². The maximum atomic E-state index is 13.1. The van der Waals surface area contributed by atoms with Gasteiger partial charge in [-0.1, -0.05) is 255 Å². The number of esters is 4. The molecule has 0 aromatic heterocycles. The van der Waals surface area contributed by atoms with Crippen LogP contribution in [0.2, 0.25) is 0 Å². The molecule has 0 aliphatic heterocycles. The quantitative estimate of drug-likeness (QED) is 0.0128. The van der Waals surface area contributed by atoms with Crippen molar-refractivity contribution in [3.8, 4) is 0 Å². The monoisotopic (exact) mass is 1400 g/mol. The Hall–Kier alpha value is -3.24. The molecule has 0 aliphatic rings. The molecule has 0 radical (unpaired) electrons. The Morgan fingerprint density at radius 2 is 0.510 bits per heavy atom. The van der Waals surface area contributed by atoms with Gasteiger partial charge in [-0.2, -0.15) is 0 Å². The van der Waals surface area contributed by atoms with E-state index < -0.39 is 97.5 Å². The Morgan fingerprint density at radius 3 is 0.792 bits per heavy atom. The Morgan fingerprint density at radius 1 is 0.292 bits per heavy atom. The lowest BCUT2D eigenvalue weighted by molar-refractivity contribution is -0.161. The lowest BCUT2D eigenvalue weighted by Crippen LogP contribution is -2.30. The first kappa shape index (κ1) is 92.8. The molecular weight excluding hydrogens is 1260 g/mol. The van der Waals surface area contributed by atoms with Crippen molar-refractivity contribution in [2.24, 2.45) is 0 Å². The second-order valence-corrected chi connectivity index (χ2v) is 28.9. The SMILES string of the molecule is CCCCCC/C=C\C=C/CCCCCCCC(=O)OC[C@H](COP(=O)(O)OC[C@H](O)COP(=O)(O)OC[C@@H](COC(=O)CCCCCCC/C=C\CCCCCC)OC(=O)CCCCCCC/C=C\CCCCCC)OC(=O)CCCCCCC/C=C\CCCCCCCC. The van der Waals surface area contributed by atoms with E-state index in [1.165, 1.54) is 116 Å². The van der Waals surface area contributed by atoms with E-state index in [-0.39, 0.29) is 25.7 Å². The standard InChI is InChI=1S/C77H140O17P2/c1-5-9-13-17-21-25-29-33-35-39-42-46-50-54-58-62-75(80)88-68-73(94-77(82)64-60-56-52-48-44-40-36-34-30-26-22-18-14-10-6-2)70-92-96(85,86)90-66-71(78)65-89-95(83,84)91-69-72(93-76(81)63-59-55-51-47-43-38-32-28-24-20-16-12-8-4)67-87-74(79)61-57-53-49-45-41-37-31-27-23-19-15-11-7-3/h25,27-29,31-36,71-73,78H,5-24,26,30,37-70H2,1-4H3,(H,83,84)(H,85,86)/b29-25-,31-27-,32-28-,35-33-,36-34-/t71-,72-,73-/m1/s1. The van der Waals surface area contributed by atoms with Crippen LogP contribution in [0.3, 0.4) is 0 Å². The summed E-state index contributed by atoms with van der Waals surface area (Å²) in [5.74, 6) is -2.19. The van der Waals surface area contributed by atoms with Gasteiger partial charge in [-0.25, -0.2) is 9.13 Å². The molecule has 0 fully saturated rings. The molecule has 3 N–H and O–H groups in total. The Balaban J connectivity index is 5.35. The highest BCUT2D eigenvalue weighted by Gasteiger charge is 2.30. The third kappa shape index (κ3) is 69.2. The van der Waals surface area contributed by atoms with Crippen molar-refractivity contribution in [2.75, 3.05) is 39.6 Å². The fourth-order valence-corrected chi connectivity index (χ4v) is 12.1. The van der Waals surface area contributed by atoms with Crippen LogP contribution in [-0.4, -0.2) is 96.7 Å². The first-order chi connectivity index (χ1) is 46.7. The van der Waals surface area contributed by atoms with E-state index in [0.29, 0.717) is 25.7 Å². The number of hydrogen-bond donors (Lipinski definition) is 3. The summed E-state index contributed by atoms with van der Waals surface area (Å²) >= 11 is 0. The summed E-state index contributed by atoms with van der Waals surface area (Å²) < 4.78 is 68.4. The Labute approximate surface area is 584 Å². The van der Waals surface area contributed by atoms with Gasteiger partial charge in [-0.3, -0.25) is 37.3 Å². The Kier molecular flexibility index (Phi) is 67.8. The van der Waals surface area contributed by atoms with E-state index in [4.69, 9.17) is 37.0 Å². The predicted molar refractivity (Wildman–Crippen MR) is 390 cm³/mol. The molecule has 0 saturated carbocycles. The van der Waals surface area contributed by atoms with Crippen LogP contribution in [0, 0.1) is 0 Å². The van der Waals surface area contributed by atoms with Gasteiger partial charge in [0.05, 0.1) is 26.4 Å². The summed E-state index contributed by atoms with van der Waals surface area (Å²) in [6, 6.07) is 0. The lowest BCUT2D eigenvalue weighted by Gasteiger charge is -2.21. The number of phosphoric acid groups is 2. The zero-order valence-electron chi connectivity index (χ0n) is 61.1. The molecule has 560 valence electrons. The minimum atomic E-state index is -4.97. The van der Waals surface area contributed by atoms with Crippen LogP contribution < -0.4 is 0 Å². The summed E-state index contributed by atoms with van der Waals surface area (Å²) in [4.78, 5) is 72.8. The zero-order valence-corrected chi connectivity index (χ0v) is 62.8. The number of hydrogen-bond acceptors (Lipinski definition) is 15. The van der Waals surface area contributed by atoms with E-state index >= 15 is 0 Å². The van der Waals surface area contributed by atoms with Gasteiger partial charge in [0.1, 0.15) is 19.3 Å². The molecule has 0 aromatic carbocycles. The highest BCUT2D eigenvalue weighted by molar-refractivity contribution is 7.47. The smallest absolute Gasteiger partial charge is 0.462 e. The molecule has 0 spiro atoms. The minimum absolute atomic E-state index is 0.0850. The average molecular weight is 1400 g/mol. The number of allylic oxidation sites excluding steroid dienone is 10. The number of phosphoric ester groups is 2. The summed E-state index contributed by atoms with van der Waals surface area (Å²) in [5, 5.41) is 10.6. The maximum Gasteiger partial charge on any atom is 0.472 e. The molecular formula is C77H140O17P2. The normalized spacial score (nSPS) is 14.3. The van der Waals surface area contributed by atoms with Gasteiger partial charge < -0.3 is 33.8 Å². The first-order valence-corrected chi connectivity index (χ1v) is 41.5. The van der Waals surface area contributed by atoms with E-state index in [2.05, 4.69) is 88.5 Å². The third-order valence-corrected chi connectivity index (χ3v) is 18.4. The topological polar surface area (TPSA) is 237 Å². The van der Waals surface area contributed by atoms with Crippen molar-refractivity contribution >= 4 is 39.5 Å². The van der Waals surface area contributed by atoms with Gasteiger partial charge in [0.25, 0.3) is 0 Å². The van der Waals surface area contributed by atoms with Crippen LogP contribution in [0.1, 0.15) is 349 Å². The molecule has 0 rings (SSSR count). The maximum absolute atomic E-state index is 13.1. The molecule has 0 bridgehead atoms. The molecule has 17 nitrogen and oxygen atoms in total. The Bertz CT molecular complexity index is 2060. The molecule has 0 amide bonds.